The van der Waals surface area contributed by atoms with Crippen molar-refractivity contribution in [1.29, 1.82) is 0 Å². The van der Waals surface area contributed by atoms with Crippen LogP contribution in [0.25, 0.3) is 0 Å². The molecule has 0 amide bonds. The van der Waals surface area contributed by atoms with Crippen LogP contribution in [0.3, 0.4) is 0 Å². The fourth-order valence-corrected chi connectivity index (χ4v) is 1.31. The summed E-state index contributed by atoms with van der Waals surface area (Å²) in [5.74, 6) is 0. The van der Waals surface area contributed by atoms with Gasteiger partial charge in [0.25, 0.3) is 0 Å². The summed E-state index contributed by atoms with van der Waals surface area (Å²) in [6.07, 6.45) is 3.10. The first-order chi connectivity index (χ1) is 5.22. The normalized spacial score (nSPS) is 15.8. The maximum absolute atomic E-state index is 10.4. The van der Waals surface area contributed by atoms with Gasteiger partial charge < -0.3 is 4.55 Å². The molecule has 0 saturated heterocycles. The Morgan fingerprint density at radius 2 is 2.09 bits per heavy atom. The molecular formula is C6H5BrNO2S-. The second-order valence-electron chi connectivity index (χ2n) is 1.86. The third-order valence-electron chi connectivity index (χ3n) is 1.14. The summed E-state index contributed by atoms with van der Waals surface area (Å²) < 4.78 is 20.2. The summed E-state index contributed by atoms with van der Waals surface area (Å²) >= 11 is 0.887. The van der Waals surface area contributed by atoms with Crippen molar-refractivity contribution >= 4 is 27.0 Å². The first-order valence-electron chi connectivity index (χ1n) is 2.84. The monoisotopic (exact) mass is 234 g/mol. The summed E-state index contributed by atoms with van der Waals surface area (Å²) in [4.78, 5) is 3.77. The van der Waals surface area contributed by atoms with E-state index in [1.54, 1.807) is 24.5 Å². The number of nitrogens with zero attached hydrogens (tertiary/aromatic N) is 1. The molecule has 0 fully saturated rings. The van der Waals surface area contributed by atoms with Gasteiger partial charge in [0.05, 0.1) is 0 Å². The minimum Gasteiger partial charge on any atom is -0.771 e. The summed E-state index contributed by atoms with van der Waals surface area (Å²) in [6, 6.07) is 3.30. The molecule has 1 aromatic heterocycles. The highest BCUT2D eigenvalue weighted by Crippen LogP contribution is 2.23. The van der Waals surface area contributed by atoms with E-state index in [2.05, 4.69) is 20.9 Å². The molecule has 2 unspecified atom stereocenters. The molecule has 2 atom stereocenters. The molecule has 1 heterocycles. The number of alkyl halides is 1. The molecule has 0 N–H and O–H groups in total. The van der Waals surface area contributed by atoms with Crippen LogP contribution in [0.5, 0.6) is 0 Å². The molecule has 0 aliphatic heterocycles. The van der Waals surface area contributed by atoms with Gasteiger partial charge >= 0.3 is 0 Å². The molecule has 0 aliphatic rings. The Labute approximate surface area is 75.3 Å². The van der Waals surface area contributed by atoms with Crippen LogP contribution in [0.4, 0.5) is 0 Å². The Morgan fingerprint density at radius 1 is 1.55 bits per heavy atom. The van der Waals surface area contributed by atoms with Gasteiger partial charge in [-0.05, 0) is 28.8 Å². The predicted octanol–water partition coefficient (Wildman–Crippen LogP) is 1.35. The fraction of sp³-hybridized carbons (Fsp3) is 0.167. The number of hydrogen-bond donors (Lipinski definition) is 0. The highest BCUT2D eigenvalue weighted by Gasteiger charge is 2.05. The van der Waals surface area contributed by atoms with E-state index in [-0.39, 0.29) is 0 Å². The smallest absolute Gasteiger partial charge is 0.102 e. The lowest BCUT2D eigenvalue weighted by molar-refractivity contribution is 0.536. The van der Waals surface area contributed by atoms with Crippen LogP contribution >= 0.6 is 15.9 Å². The van der Waals surface area contributed by atoms with E-state index >= 15 is 0 Å². The summed E-state index contributed by atoms with van der Waals surface area (Å²) in [5.41, 5.74) is 0.688. The molecule has 0 aromatic carbocycles. The zero-order valence-corrected chi connectivity index (χ0v) is 7.84. The third kappa shape index (κ3) is 2.36. The quantitative estimate of drug-likeness (QED) is 0.574. The standard InChI is InChI=1S/C6H6BrNO2S/c7-6(11(9)10)5-1-3-8-4-2-5/h1-4,6H,(H,9,10)/p-1. The van der Waals surface area contributed by atoms with E-state index < -0.39 is 15.2 Å². The lowest BCUT2D eigenvalue weighted by atomic mass is 10.3. The van der Waals surface area contributed by atoms with E-state index in [9.17, 15) is 8.76 Å². The minimum absolute atomic E-state index is 0.634. The maximum Gasteiger partial charge on any atom is 0.102 e. The molecule has 5 heteroatoms. The van der Waals surface area contributed by atoms with E-state index in [4.69, 9.17) is 0 Å². The zero-order chi connectivity index (χ0) is 8.27. The van der Waals surface area contributed by atoms with Gasteiger partial charge in [-0.3, -0.25) is 9.19 Å². The van der Waals surface area contributed by atoms with E-state index in [1.165, 1.54) is 0 Å². The number of rotatable bonds is 2. The van der Waals surface area contributed by atoms with Crippen molar-refractivity contribution in [2.75, 3.05) is 0 Å². The van der Waals surface area contributed by atoms with Gasteiger partial charge in [0, 0.05) is 12.4 Å². The largest absolute Gasteiger partial charge is 0.771 e. The SMILES string of the molecule is O=S([O-])C(Br)c1ccncc1. The molecule has 0 radical (unpaired) electrons. The van der Waals surface area contributed by atoms with Crippen LogP contribution in [0.1, 0.15) is 9.72 Å². The molecule has 60 valence electrons. The van der Waals surface area contributed by atoms with E-state index in [0.717, 1.165) is 0 Å². The lowest BCUT2D eigenvalue weighted by Crippen LogP contribution is -1.97. The van der Waals surface area contributed by atoms with Crippen molar-refractivity contribution in [2.24, 2.45) is 0 Å². The van der Waals surface area contributed by atoms with Crippen molar-refractivity contribution in [1.82, 2.24) is 4.98 Å². The Balaban J connectivity index is 2.85. The first-order valence-corrected chi connectivity index (χ1v) is 4.89. The van der Waals surface area contributed by atoms with Crippen molar-refractivity contribution in [2.45, 2.75) is 4.16 Å². The van der Waals surface area contributed by atoms with Crippen molar-refractivity contribution < 1.29 is 8.76 Å². The average molecular weight is 235 g/mol. The summed E-state index contributed by atoms with van der Waals surface area (Å²) in [6.45, 7) is 0. The third-order valence-corrected chi connectivity index (χ3v) is 3.19. The molecule has 0 spiro atoms. The Kier molecular flexibility index (Phi) is 3.16. The molecular weight excluding hydrogens is 230 g/mol. The molecule has 0 bridgehead atoms. The molecule has 11 heavy (non-hydrogen) atoms. The van der Waals surface area contributed by atoms with E-state index in [1.807, 2.05) is 0 Å². The number of pyridine rings is 1. The summed E-state index contributed by atoms with van der Waals surface area (Å²) in [7, 11) is 0. The van der Waals surface area contributed by atoms with Gasteiger partial charge in [0.2, 0.25) is 0 Å². The highest BCUT2D eigenvalue weighted by atomic mass is 79.9. The Bertz CT molecular complexity index is 254. The number of aromatic nitrogens is 1. The van der Waals surface area contributed by atoms with Crippen molar-refractivity contribution in [3.8, 4) is 0 Å². The molecule has 0 aliphatic carbocycles. The van der Waals surface area contributed by atoms with Gasteiger partial charge in [0.1, 0.15) is 4.16 Å². The van der Waals surface area contributed by atoms with Crippen LogP contribution in [0.2, 0.25) is 0 Å². The van der Waals surface area contributed by atoms with Gasteiger partial charge in [-0.1, -0.05) is 15.9 Å². The van der Waals surface area contributed by atoms with Crippen LogP contribution < -0.4 is 0 Å². The van der Waals surface area contributed by atoms with Gasteiger partial charge in [-0.25, -0.2) is 0 Å². The molecule has 3 nitrogen and oxygen atoms in total. The van der Waals surface area contributed by atoms with Gasteiger partial charge in [0.15, 0.2) is 0 Å². The van der Waals surface area contributed by atoms with Crippen molar-refractivity contribution in [3.05, 3.63) is 30.1 Å². The van der Waals surface area contributed by atoms with Crippen molar-refractivity contribution in [3.63, 3.8) is 0 Å². The van der Waals surface area contributed by atoms with E-state index in [0.29, 0.717) is 5.56 Å². The summed E-state index contributed by atoms with van der Waals surface area (Å²) in [5, 5.41) is 0. The second kappa shape index (κ2) is 3.94. The molecule has 0 saturated carbocycles. The predicted molar refractivity (Wildman–Crippen MR) is 44.8 cm³/mol. The lowest BCUT2D eigenvalue weighted by Gasteiger charge is -2.11. The van der Waals surface area contributed by atoms with Crippen LogP contribution in [-0.4, -0.2) is 13.7 Å². The molecule has 1 aromatic rings. The fourth-order valence-electron chi connectivity index (χ4n) is 0.626. The topological polar surface area (TPSA) is 53.0 Å². The van der Waals surface area contributed by atoms with Crippen LogP contribution in [0.15, 0.2) is 24.5 Å². The van der Waals surface area contributed by atoms with Crippen LogP contribution in [0, 0.1) is 0 Å². The first kappa shape index (κ1) is 8.83. The van der Waals surface area contributed by atoms with Gasteiger partial charge in [-0.2, -0.15) is 0 Å². The number of halogens is 1. The average Bonchev–Trinajstić information content (AvgIpc) is 2.05. The zero-order valence-electron chi connectivity index (χ0n) is 5.44. The van der Waals surface area contributed by atoms with Crippen LogP contribution in [-0.2, 0) is 11.1 Å². The minimum atomic E-state index is -2.12. The number of hydrogen-bond acceptors (Lipinski definition) is 3. The maximum atomic E-state index is 10.4. The second-order valence-corrected chi connectivity index (χ2v) is 4.37. The highest BCUT2D eigenvalue weighted by molar-refractivity contribution is 9.10. The van der Waals surface area contributed by atoms with Gasteiger partial charge in [-0.15, -0.1) is 0 Å². The Hall–Kier alpha value is -0.260. The molecule has 1 rings (SSSR count). The Morgan fingerprint density at radius 3 is 2.55 bits per heavy atom.